The number of piperidine rings is 1. The second-order valence-corrected chi connectivity index (χ2v) is 6.82. The van der Waals surface area contributed by atoms with E-state index in [4.69, 9.17) is 4.42 Å². The van der Waals surface area contributed by atoms with Crippen LogP contribution in [0.15, 0.2) is 39.5 Å². The Morgan fingerprint density at radius 1 is 1.16 bits per heavy atom. The lowest BCUT2D eigenvalue weighted by atomic mass is 9.88. The molecule has 1 amide bonds. The molecule has 25 heavy (non-hydrogen) atoms. The summed E-state index contributed by atoms with van der Waals surface area (Å²) in [7, 11) is 0. The summed E-state index contributed by atoms with van der Waals surface area (Å²) in [6, 6.07) is 9.55. The minimum Gasteiger partial charge on any atom is -0.422 e. The number of hydrogen-bond donors (Lipinski definition) is 1. The molecule has 1 aromatic carbocycles. The van der Waals surface area contributed by atoms with E-state index in [0.717, 1.165) is 24.8 Å². The highest BCUT2D eigenvalue weighted by molar-refractivity contribution is 5.96. The molecule has 3 heterocycles. The summed E-state index contributed by atoms with van der Waals surface area (Å²) in [6.07, 6.45) is 4.50. The van der Waals surface area contributed by atoms with E-state index in [-0.39, 0.29) is 23.9 Å². The van der Waals surface area contributed by atoms with Gasteiger partial charge in [0.2, 0.25) is 0 Å². The number of rotatable bonds is 2. The highest BCUT2D eigenvalue weighted by atomic mass is 35.5. The van der Waals surface area contributed by atoms with Gasteiger partial charge < -0.3 is 14.6 Å². The minimum absolute atomic E-state index is 0. The maximum Gasteiger partial charge on any atom is 0.349 e. The Labute approximate surface area is 152 Å². The molecule has 1 aromatic heterocycles. The number of likely N-dealkylation sites (tertiary alicyclic amines) is 1. The Hall–Kier alpha value is -1.85. The van der Waals surface area contributed by atoms with Gasteiger partial charge in [-0.2, -0.15) is 0 Å². The molecule has 1 atom stereocenters. The van der Waals surface area contributed by atoms with Crippen molar-refractivity contribution in [1.82, 2.24) is 10.2 Å². The summed E-state index contributed by atoms with van der Waals surface area (Å²) >= 11 is 0. The van der Waals surface area contributed by atoms with Crippen molar-refractivity contribution < 1.29 is 9.21 Å². The standard InChI is InChI=1S/C19H22N2O3.ClH/c22-18(15-12-14-4-1-2-6-17(14)24-19(15)23)21-10-7-13(8-11-21)16-5-3-9-20-16;/h1-2,4,6,12-13,16,20H,3,5,7-11H2;1H. The Morgan fingerprint density at radius 3 is 2.64 bits per heavy atom. The van der Waals surface area contributed by atoms with Gasteiger partial charge in [-0.25, -0.2) is 4.79 Å². The molecule has 2 aromatic rings. The number of benzene rings is 1. The number of hydrogen-bond acceptors (Lipinski definition) is 4. The van der Waals surface area contributed by atoms with Gasteiger partial charge in [0.05, 0.1) is 0 Å². The van der Waals surface area contributed by atoms with Crippen LogP contribution in [0.1, 0.15) is 36.0 Å². The first-order chi connectivity index (χ1) is 11.7. The number of para-hydroxylation sites is 1. The van der Waals surface area contributed by atoms with Crippen LogP contribution in [-0.4, -0.2) is 36.5 Å². The highest BCUT2D eigenvalue weighted by Crippen LogP contribution is 2.26. The van der Waals surface area contributed by atoms with Crippen molar-refractivity contribution in [2.45, 2.75) is 31.7 Å². The van der Waals surface area contributed by atoms with E-state index in [0.29, 0.717) is 30.6 Å². The molecular formula is C19H23ClN2O3. The zero-order chi connectivity index (χ0) is 16.5. The second kappa shape index (κ2) is 7.58. The molecule has 2 fully saturated rings. The van der Waals surface area contributed by atoms with Crippen molar-refractivity contribution >= 4 is 29.3 Å². The number of carbonyl (C=O) groups excluding carboxylic acids is 1. The Kier molecular flexibility index (Phi) is 5.45. The summed E-state index contributed by atoms with van der Waals surface area (Å²) in [4.78, 5) is 26.7. The van der Waals surface area contributed by atoms with Crippen LogP contribution < -0.4 is 10.9 Å². The molecule has 5 nitrogen and oxygen atoms in total. The molecule has 2 aliphatic rings. The molecule has 0 bridgehead atoms. The first-order valence-corrected chi connectivity index (χ1v) is 8.78. The number of nitrogens with one attached hydrogen (secondary N) is 1. The van der Waals surface area contributed by atoms with Gasteiger partial charge in [-0.15, -0.1) is 12.4 Å². The Bertz CT molecular complexity index is 806. The fraction of sp³-hybridized carbons (Fsp3) is 0.474. The summed E-state index contributed by atoms with van der Waals surface area (Å²) in [5.74, 6) is 0.442. The molecule has 0 saturated carbocycles. The SMILES string of the molecule is Cl.O=C(c1cc2ccccc2oc1=O)N1CCC(C2CCCN2)CC1. The molecule has 1 unspecified atom stereocenters. The zero-order valence-corrected chi connectivity index (χ0v) is 14.9. The zero-order valence-electron chi connectivity index (χ0n) is 14.1. The summed E-state index contributed by atoms with van der Waals surface area (Å²) < 4.78 is 5.29. The maximum absolute atomic E-state index is 12.7. The van der Waals surface area contributed by atoms with Gasteiger partial charge in [-0.1, -0.05) is 18.2 Å². The first-order valence-electron chi connectivity index (χ1n) is 8.78. The monoisotopic (exact) mass is 362 g/mol. The van der Waals surface area contributed by atoms with Crippen LogP contribution in [0.3, 0.4) is 0 Å². The average Bonchev–Trinajstić information content (AvgIpc) is 3.15. The van der Waals surface area contributed by atoms with Gasteiger partial charge in [0.25, 0.3) is 5.91 Å². The van der Waals surface area contributed by atoms with Crippen molar-refractivity contribution in [3.63, 3.8) is 0 Å². The van der Waals surface area contributed by atoms with Crippen molar-refractivity contribution in [3.8, 4) is 0 Å². The third-order valence-electron chi connectivity index (χ3n) is 5.37. The van der Waals surface area contributed by atoms with E-state index in [1.165, 1.54) is 12.8 Å². The van der Waals surface area contributed by atoms with Crippen molar-refractivity contribution in [1.29, 1.82) is 0 Å². The minimum atomic E-state index is -0.543. The predicted molar refractivity (Wildman–Crippen MR) is 99.4 cm³/mol. The normalized spacial score (nSPS) is 21.3. The number of nitrogens with zero attached hydrogens (tertiary/aromatic N) is 1. The molecule has 134 valence electrons. The van der Waals surface area contributed by atoms with Crippen LogP contribution >= 0.6 is 12.4 Å². The molecule has 0 radical (unpaired) electrons. The molecule has 2 aliphatic heterocycles. The maximum atomic E-state index is 12.7. The van der Waals surface area contributed by atoms with Crippen molar-refractivity contribution in [3.05, 3.63) is 46.3 Å². The molecule has 0 aliphatic carbocycles. The second-order valence-electron chi connectivity index (χ2n) is 6.82. The number of fused-ring (bicyclic) bond motifs is 1. The van der Waals surface area contributed by atoms with E-state index in [1.54, 1.807) is 17.0 Å². The van der Waals surface area contributed by atoms with Crippen LogP contribution in [0.25, 0.3) is 11.0 Å². The average molecular weight is 363 g/mol. The topological polar surface area (TPSA) is 62.6 Å². The largest absolute Gasteiger partial charge is 0.422 e. The quantitative estimate of drug-likeness (QED) is 0.834. The number of halogens is 1. The van der Waals surface area contributed by atoms with Crippen molar-refractivity contribution in [2.75, 3.05) is 19.6 Å². The Morgan fingerprint density at radius 2 is 1.92 bits per heavy atom. The van der Waals surface area contributed by atoms with Gasteiger partial charge in [-0.05, 0) is 50.3 Å². The molecular weight excluding hydrogens is 340 g/mol. The molecule has 2 saturated heterocycles. The lowest BCUT2D eigenvalue weighted by molar-refractivity contribution is 0.0670. The van der Waals surface area contributed by atoms with E-state index in [1.807, 2.05) is 18.2 Å². The third-order valence-corrected chi connectivity index (χ3v) is 5.37. The number of amides is 1. The lowest BCUT2D eigenvalue weighted by Gasteiger charge is -2.34. The molecule has 6 heteroatoms. The van der Waals surface area contributed by atoms with Gasteiger partial charge in [0.1, 0.15) is 11.1 Å². The smallest absolute Gasteiger partial charge is 0.349 e. The third kappa shape index (κ3) is 3.58. The summed E-state index contributed by atoms with van der Waals surface area (Å²) in [5.41, 5.74) is 0.120. The number of carbonyl (C=O) groups is 1. The van der Waals surface area contributed by atoms with Crippen LogP contribution in [0.4, 0.5) is 0 Å². The van der Waals surface area contributed by atoms with Gasteiger partial charge >= 0.3 is 5.63 Å². The van der Waals surface area contributed by atoms with Crippen LogP contribution in [0.2, 0.25) is 0 Å². The van der Waals surface area contributed by atoms with Gasteiger partial charge in [0, 0.05) is 24.5 Å². The highest BCUT2D eigenvalue weighted by Gasteiger charge is 2.31. The fourth-order valence-corrected chi connectivity index (χ4v) is 4.00. The Balaban J connectivity index is 0.00000182. The molecule has 0 spiro atoms. The summed E-state index contributed by atoms with van der Waals surface area (Å²) in [5, 5.41) is 4.35. The van der Waals surface area contributed by atoms with Gasteiger partial charge in [0.15, 0.2) is 0 Å². The van der Waals surface area contributed by atoms with E-state index < -0.39 is 5.63 Å². The predicted octanol–water partition coefficient (Wildman–Crippen LogP) is 2.82. The van der Waals surface area contributed by atoms with Crippen LogP contribution in [0.5, 0.6) is 0 Å². The van der Waals surface area contributed by atoms with E-state index in [9.17, 15) is 9.59 Å². The van der Waals surface area contributed by atoms with E-state index in [2.05, 4.69) is 5.32 Å². The van der Waals surface area contributed by atoms with E-state index >= 15 is 0 Å². The van der Waals surface area contributed by atoms with Crippen molar-refractivity contribution in [2.24, 2.45) is 5.92 Å². The lowest BCUT2D eigenvalue weighted by Crippen LogP contribution is -2.44. The van der Waals surface area contributed by atoms with Crippen LogP contribution in [0, 0.1) is 5.92 Å². The molecule has 4 rings (SSSR count). The van der Waals surface area contributed by atoms with Gasteiger partial charge in [-0.3, -0.25) is 4.79 Å². The first kappa shape index (κ1) is 18.0. The summed E-state index contributed by atoms with van der Waals surface area (Å²) in [6.45, 7) is 2.55. The molecule has 1 N–H and O–H groups in total. The van der Waals surface area contributed by atoms with Crippen LogP contribution in [-0.2, 0) is 0 Å². The fourth-order valence-electron chi connectivity index (χ4n) is 4.00.